The molecule has 9 heteroatoms. The molecule has 1 aromatic rings. The van der Waals surface area contributed by atoms with E-state index in [0.29, 0.717) is 12.1 Å². The zero-order valence-corrected chi connectivity index (χ0v) is 19.3. The van der Waals surface area contributed by atoms with Gasteiger partial charge in [-0.15, -0.1) is 11.8 Å². The molecule has 166 valence electrons. The van der Waals surface area contributed by atoms with Gasteiger partial charge in [-0.05, 0) is 48.1 Å². The number of allylic oxidation sites excluding steroid dienone is 2. The highest BCUT2D eigenvalue weighted by Gasteiger charge is 2.36. The number of thioether (sulfide) groups is 1. The van der Waals surface area contributed by atoms with E-state index in [0.717, 1.165) is 11.3 Å². The van der Waals surface area contributed by atoms with Gasteiger partial charge in [-0.3, -0.25) is 9.36 Å². The second-order valence-corrected chi connectivity index (χ2v) is 10.3. The number of halogens is 1. The minimum Gasteiger partial charge on any atom is -0.323 e. The molecule has 2 aliphatic rings. The van der Waals surface area contributed by atoms with Gasteiger partial charge in [0.1, 0.15) is 6.17 Å². The summed E-state index contributed by atoms with van der Waals surface area (Å²) in [5.74, 6) is 0.265. The zero-order valence-electron chi connectivity index (χ0n) is 17.6. The molecule has 2 unspecified atom stereocenters. The van der Waals surface area contributed by atoms with Gasteiger partial charge in [-0.25, -0.2) is 4.39 Å². The van der Waals surface area contributed by atoms with Crippen LogP contribution < -0.4 is 16.4 Å². The molecule has 1 heterocycles. The molecule has 3 rings (SSSR count). The second-order valence-electron chi connectivity index (χ2n) is 7.19. The van der Waals surface area contributed by atoms with Gasteiger partial charge in [-0.1, -0.05) is 30.4 Å². The number of alkyl halides is 1. The summed E-state index contributed by atoms with van der Waals surface area (Å²) < 4.78 is 37.2. The predicted molar refractivity (Wildman–Crippen MR) is 123 cm³/mol. The molecule has 31 heavy (non-hydrogen) atoms. The number of carbonyl (C=O) groups is 1. The monoisotopic (exact) mass is 464 g/mol. The molecule has 1 aromatic carbocycles. The zero-order chi connectivity index (χ0) is 22.6. The van der Waals surface area contributed by atoms with E-state index in [1.54, 1.807) is 17.8 Å². The van der Waals surface area contributed by atoms with Crippen molar-refractivity contribution in [2.75, 3.05) is 20.0 Å². The van der Waals surface area contributed by atoms with Crippen molar-refractivity contribution >= 4 is 30.6 Å². The summed E-state index contributed by atoms with van der Waals surface area (Å²) in [4.78, 5) is 13.3. The number of hydrogen-bond acceptors (Lipinski definition) is 6. The predicted octanol–water partition coefficient (Wildman–Crippen LogP) is 4.29. The fraction of sp³-hybridized carbons (Fsp3) is 0.318. The SMILES string of the molecule is COP(=O)(OC)c1cc(C(C)F)ccc1C(=O)NC1=CC=CCC1(N)C1=CCSC=C1. The van der Waals surface area contributed by atoms with Crippen molar-refractivity contribution in [2.45, 2.75) is 25.1 Å². The third kappa shape index (κ3) is 4.78. The Balaban J connectivity index is 2.00. The number of nitrogens with two attached hydrogens (primary N) is 1. The van der Waals surface area contributed by atoms with Gasteiger partial charge >= 0.3 is 7.60 Å². The summed E-state index contributed by atoms with van der Waals surface area (Å²) in [7, 11) is -1.38. The molecule has 6 nitrogen and oxygen atoms in total. The van der Waals surface area contributed by atoms with Crippen LogP contribution in [0.15, 0.2) is 65.3 Å². The van der Waals surface area contributed by atoms with Crippen LogP contribution in [0.3, 0.4) is 0 Å². The Bertz CT molecular complexity index is 1030. The first-order chi connectivity index (χ1) is 14.7. The Kier molecular flexibility index (Phi) is 7.39. The summed E-state index contributed by atoms with van der Waals surface area (Å²) in [5, 5.41) is 4.85. The average molecular weight is 464 g/mol. The molecule has 0 fully saturated rings. The van der Waals surface area contributed by atoms with Gasteiger partial charge in [0.25, 0.3) is 5.91 Å². The lowest BCUT2D eigenvalue weighted by Crippen LogP contribution is -2.50. The highest BCUT2D eigenvalue weighted by atomic mass is 32.2. The summed E-state index contributed by atoms with van der Waals surface area (Å²) in [6.07, 6.45) is 8.70. The Morgan fingerprint density at radius 2 is 2.10 bits per heavy atom. The molecule has 0 radical (unpaired) electrons. The summed E-state index contributed by atoms with van der Waals surface area (Å²) >= 11 is 1.66. The molecule has 3 N–H and O–H groups in total. The highest BCUT2D eigenvalue weighted by Crippen LogP contribution is 2.46. The Hall–Kier alpha value is -1.96. The van der Waals surface area contributed by atoms with Crippen LogP contribution in [0.25, 0.3) is 0 Å². The number of rotatable bonds is 7. The molecular formula is C22H26FN2O4PS. The van der Waals surface area contributed by atoms with Crippen LogP contribution >= 0.6 is 19.4 Å². The fourth-order valence-electron chi connectivity index (χ4n) is 3.49. The van der Waals surface area contributed by atoms with Crippen LogP contribution in [0, 0.1) is 0 Å². The number of nitrogens with one attached hydrogen (secondary N) is 1. The number of benzene rings is 1. The molecule has 1 aliphatic carbocycles. The van der Waals surface area contributed by atoms with E-state index < -0.39 is 25.2 Å². The van der Waals surface area contributed by atoms with Crippen molar-refractivity contribution in [3.63, 3.8) is 0 Å². The summed E-state index contributed by atoms with van der Waals surface area (Å²) in [6.45, 7) is 1.36. The molecule has 0 saturated heterocycles. The fourth-order valence-corrected chi connectivity index (χ4v) is 5.44. The first-order valence-electron chi connectivity index (χ1n) is 9.71. The largest absolute Gasteiger partial charge is 0.361 e. The third-order valence-corrected chi connectivity index (χ3v) is 7.94. The first kappa shape index (κ1) is 23.7. The maximum absolute atomic E-state index is 13.9. The van der Waals surface area contributed by atoms with E-state index in [4.69, 9.17) is 14.8 Å². The maximum atomic E-state index is 13.9. The highest BCUT2D eigenvalue weighted by molar-refractivity contribution is 8.02. The van der Waals surface area contributed by atoms with Crippen molar-refractivity contribution in [1.82, 2.24) is 5.32 Å². The lowest BCUT2D eigenvalue weighted by molar-refractivity contribution is 0.0961. The van der Waals surface area contributed by atoms with Crippen LogP contribution in [0.2, 0.25) is 0 Å². The number of carbonyl (C=O) groups excluding carboxylic acids is 1. The van der Waals surface area contributed by atoms with E-state index in [1.807, 2.05) is 29.7 Å². The van der Waals surface area contributed by atoms with Crippen molar-refractivity contribution in [1.29, 1.82) is 0 Å². The lowest BCUT2D eigenvalue weighted by Gasteiger charge is -2.35. The maximum Gasteiger partial charge on any atom is 0.361 e. The van der Waals surface area contributed by atoms with Crippen molar-refractivity contribution < 1.29 is 22.8 Å². The summed E-state index contributed by atoms with van der Waals surface area (Å²) in [6, 6.07) is 4.25. The van der Waals surface area contributed by atoms with E-state index in [2.05, 4.69) is 5.32 Å². The first-order valence-corrected chi connectivity index (χ1v) is 12.3. The normalized spacial score (nSPS) is 22.0. The van der Waals surface area contributed by atoms with Crippen LogP contribution in [0.1, 0.15) is 35.4 Å². The molecule has 0 bridgehead atoms. The summed E-state index contributed by atoms with van der Waals surface area (Å²) in [5.41, 5.74) is 7.58. The van der Waals surface area contributed by atoms with Gasteiger partial charge in [0.05, 0.1) is 16.4 Å². The quantitative estimate of drug-likeness (QED) is 0.586. The van der Waals surface area contributed by atoms with Crippen molar-refractivity contribution in [3.05, 3.63) is 76.4 Å². The lowest BCUT2D eigenvalue weighted by atomic mass is 9.81. The smallest absolute Gasteiger partial charge is 0.323 e. The molecular weight excluding hydrogens is 438 g/mol. The van der Waals surface area contributed by atoms with Gasteiger partial charge in [-0.2, -0.15) is 0 Å². The van der Waals surface area contributed by atoms with Gasteiger partial charge < -0.3 is 20.1 Å². The molecule has 0 spiro atoms. The van der Waals surface area contributed by atoms with Gasteiger partial charge in [0, 0.05) is 25.7 Å². The molecule has 0 aromatic heterocycles. The Labute approximate surface area is 186 Å². The van der Waals surface area contributed by atoms with E-state index >= 15 is 0 Å². The number of hydrogen-bond donors (Lipinski definition) is 2. The molecule has 1 amide bonds. The molecule has 2 atom stereocenters. The minimum absolute atomic E-state index is 0.000231. The second kappa shape index (κ2) is 9.67. The van der Waals surface area contributed by atoms with Crippen LogP contribution in [-0.2, 0) is 13.6 Å². The molecule has 1 aliphatic heterocycles. The van der Waals surface area contributed by atoms with Gasteiger partial charge in [0.2, 0.25) is 0 Å². The van der Waals surface area contributed by atoms with Crippen LogP contribution in [0.4, 0.5) is 4.39 Å². The van der Waals surface area contributed by atoms with E-state index in [1.165, 1.54) is 39.3 Å². The Morgan fingerprint density at radius 3 is 2.71 bits per heavy atom. The third-order valence-electron chi connectivity index (χ3n) is 5.33. The van der Waals surface area contributed by atoms with E-state index in [-0.39, 0.29) is 16.4 Å². The van der Waals surface area contributed by atoms with E-state index in [9.17, 15) is 13.8 Å². The van der Waals surface area contributed by atoms with Crippen LogP contribution in [0.5, 0.6) is 0 Å². The number of amides is 1. The van der Waals surface area contributed by atoms with Crippen molar-refractivity contribution in [2.24, 2.45) is 5.73 Å². The van der Waals surface area contributed by atoms with Crippen molar-refractivity contribution in [3.8, 4) is 0 Å². The van der Waals surface area contributed by atoms with Crippen LogP contribution in [-0.4, -0.2) is 31.4 Å². The standard InChI is InChI=1S/C22H26FN2O4PS/c1-15(23)16-7-8-18(19(14-16)30(27,28-2)29-3)21(26)25-20-6-4-5-11-22(20,24)17-9-12-31-13-10-17/h4-10,12,14-15H,11,13,24H2,1-3H3,(H,25,26). The van der Waals surface area contributed by atoms with Gasteiger partial charge in [0.15, 0.2) is 0 Å². The topological polar surface area (TPSA) is 90.6 Å². The molecule has 0 saturated carbocycles. The average Bonchev–Trinajstić information content (AvgIpc) is 2.80. The minimum atomic E-state index is -3.82. The Morgan fingerprint density at radius 1 is 1.35 bits per heavy atom.